The van der Waals surface area contributed by atoms with Gasteiger partial charge in [0.1, 0.15) is 11.6 Å². The van der Waals surface area contributed by atoms with Gasteiger partial charge in [-0.2, -0.15) is 0 Å². The normalized spacial score (nSPS) is 15.9. The minimum atomic E-state index is -0.189. The van der Waals surface area contributed by atoms with Crippen LogP contribution in [0.2, 0.25) is 0 Å². The zero-order valence-electron chi connectivity index (χ0n) is 11.8. The highest BCUT2D eigenvalue weighted by atomic mass is 19.1. The van der Waals surface area contributed by atoms with Gasteiger partial charge in [0.05, 0.1) is 11.8 Å². The Hall–Kier alpha value is -1.29. The fourth-order valence-corrected chi connectivity index (χ4v) is 2.37. The van der Waals surface area contributed by atoms with E-state index in [1.165, 1.54) is 6.07 Å². The first kappa shape index (κ1) is 14.1. The zero-order chi connectivity index (χ0) is 13.7. The molecule has 1 aromatic rings. The summed E-state index contributed by atoms with van der Waals surface area (Å²) in [5, 5.41) is 3.27. The molecule has 0 unspecified atom stereocenters. The van der Waals surface area contributed by atoms with Crippen LogP contribution in [0.25, 0.3) is 0 Å². The third kappa shape index (κ3) is 3.60. The van der Waals surface area contributed by atoms with Crippen molar-refractivity contribution in [3.05, 3.63) is 24.0 Å². The molecule has 0 aliphatic carbocycles. The first-order valence-corrected chi connectivity index (χ1v) is 7.16. The summed E-state index contributed by atoms with van der Waals surface area (Å²) in [5.41, 5.74) is 0.679. The average Bonchev–Trinajstić information content (AvgIpc) is 2.46. The summed E-state index contributed by atoms with van der Waals surface area (Å²) >= 11 is 0. The Morgan fingerprint density at radius 3 is 2.53 bits per heavy atom. The van der Waals surface area contributed by atoms with E-state index in [0.29, 0.717) is 11.4 Å². The first-order valence-electron chi connectivity index (χ1n) is 7.16. The van der Waals surface area contributed by atoms with E-state index in [4.69, 9.17) is 4.74 Å². The molecule has 4 heteroatoms. The monoisotopic (exact) mass is 266 g/mol. The van der Waals surface area contributed by atoms with Crippen molar-refractivity contribution in [1.29, 1.82) is 0 Å². The molecule has 1 heterocycles. The third-order valence-electron chi connectivity index (χ3n) is 3.59. The van der Waals surface area contributed by atoms with Gasteiger partial charge in [-0.1, -0.05) is 13.8 Å². The van der Waals surface area contributed by atoms with Crippen LogP contribution in [0, 0.1) is 5.82 Å². The van der Waals surface area contributed by atoms with Gasteiger partial charge in [0.15, 0.2) is 0 Å². The lowest BCUT2D eigenvalue weighted by Crippen LogP contribution is -2.43. The molecular formula is C15H23FN2O. The summed E-state index contributed by atoms with van der Waals surface area (Å²) < 4.78 is 19.9. The Balaban J connectivity index is 2.07. The van der Waals surface area contributed by atoms with E-state index in [9.17, 15) is 4.39 Å². The number of halogens is 1. The number of nitrogens with zero attached hydrogens (tertiary/aromatic N) is 1. The van der Waals surface area contributed by atoms with Crippen molar-refractivity contribution in [1.82, 2.24) is 5.32 Å². The molecule has 3 nitrogen and oxygen atoms in total. The average molecular weight is 266 g/mol. The van der Waals surface area contributed by atoms with Crippen molar-refractivity contribution in [2.75, 3.05) is 31.1 Å². The van der Waals surface area contributed by atoms with Crippen molar-refractivity contribution in [3.63, 3.8) is 0 Å². The summed E-state index contributed by atoms with van der Waals surface area (Å²) in [6.45, 7) is 7.68. The number of piperazine rings is 1. The molecule has 0 atom stereocenters. The number of hydrogen-bond donors (Lipinski definition) is 1. The van der Waals surface area contributed by atoms with Gasteiger partial charge in [-0.25, -0.2) is 4.39 Å². The van der Waals surface area contributed by atoms with Crippen LogP contribution in [0.15, 0.2) is 18.2 Å². The highest BCUT2D eigenvalue weighted by Gasteiger charge is 2.15. The molecule has 1 aliphatic rings. The Morgan fingerprint density at radius 1 is 1.26 bits per heavy atom. The smallest absolute Gasteiger partial charge is 0.150 e. The molecule has 1 aliphatic heterocycles. The number of benzene rings is 1. The summed E-state index contributed by atoms with van der Waals surface area (Å²) in [4.78, 5) is 2.08. The molecule has 0 saturated carbocycles. The fourth-order valence-electron chi connectivity index (χ4n) is 2.37. The molecule has 0 radical (unpaired) electrons. The molecule has 0 amide bonds. The van der Waals surface area contributed by atoms with E-state index in [-0.39, 0.29) is 11.9 Å². The summed E-state index contributed by atoms with van der Waals surface area (Å²) in [6, 6.07) is 5.22. The Morgan fingerprint density at radius 2 is 1.95 bits per heavy atom. The molecule has 2 rings (SSSR count). The standard InChI is InChI=1S/C15H23FN2O/c1-3-12(4-2)19-13-5-6-15(14(16)11-13)18-9-7-17-8-10-18/h5-6,11-12,17H,3-4,7-10H2,1-2H3. The number of anilines is 1. The Kier molecular flexibility index (Phi) is 5.02. The minimum Gasteiger partial charge on any atom is -0.490 e. The highest BCUT2D eigenvalue weighted by Crippen LogP contribution is 2.25. The minimum absolute atomic E-state index is 0.171. The Labute approximate surface area is 114 Å². The molecule has 106 valence electrons. The quantitative estimate of drug-likeness (QED) is 0.887. The van der Waals surface area contributed by atoms with Crippen LogP contribution < -0.4 is 15.0 Å². The van der Waals surface area contributed by atoms with Gasteiger partial charge in [0, 0.05) is 32.2 Å². The largest absolute Gasteiger partial charge is 0.490 e. The second-order valence-electron chi connectivity index (χ2n) is 4.91. The molecule has 19 heavy (non-hydrogen) atoms. The van der Waals surface area contributed by atoms with Gasteiger partial charge in [-0.15, -0.1) is 0 Å². The van der Waals surface area contributed by atoms with Crippen LogP contribution >= 0.6 is 0 Å². The summed E-state index contributed by atoms with van der Waals surface area (Å²) in [5.74, 6) is 0.440. The van der Waals surface area contributed by atoms with Crippen LogP contribution in [-0.4, -0.2) is 32.3 Å². The molecule has 1 saturated heterocycles. The van der Waals surface area contributed by atoms with E-state index in [1.807, 2.05) is 12.1 Å². The van der Waals surface area contributed by atoms with Crippen LogP contribution in [0.4, 0.5) is 10.1 Å². The Bertz CT molecular complexity index is 401. The van der Waals surface area contributed by atoms with Gasteiger partial charge >= 0.3 is 0 Å². The van der Waals surface area contributed by atoms with E-state index in [2.05, 4.69) is 24.1 Å². The van der Waals surface area contributed by atoms with Gasteiger partial charge in [-0.3, -0.25) is 0 Å². The van der Waals surface area contributed by atoms with Crippen LogP contribution in [0.5, 0.6) is 5.75 Å². The molecule has 0 bridgehead atoms. The van der Waals surface area contributed by atoms with Crippen LogP contribution in [-0.2, 0) is 0 Å². The lowest BCUT2D eigenvalue weighted by atomic mass is 10.2. The van der Waals surface area contributed by atoms with E-state index in [0.717, 1.165) is 39.0 Å². The SMILES string of the molecule is CCC(CC)Oc1ccc(N2CCNCC2)c(F)c1. The molecule has 1 N–H and O–H groups in total. The highest BCUT2D eigenvalue weighted by molar-refractivity contribution is 5.51. The summed E-state index contributed by atoms with van der Waals surface area (Å²) in [6.07, 6.45) is 2.06. The third-order valence-corrected chi connectivity index (χ3v) is 3.59. The van der Waals surface area contributed by atoms with Crippen molar-refractivity contribution >= 4 is 5.69 Å². The topological polar surface area (TPSA) is 24.5 Å². The van der Waals surface area contributed by atoms with Gasteiger partial charge in [-0.05, 0) is 25.0 Å². The lowest BCUT2D eigenvalue weighted by Gasteiger charge is -2.30. The van der Waals surface area contributed by atoms with Crippen molar-refractivity contribution < 1.29 is 9.13 Å². The van der Waals surface area contributed by atoms with Crippen molar-refractivity contribution in [2.45, 2.75) is 32.8 Å². The van der Waals surface area contributed by atoms with Gasteiger partial charge in [0.25, 0.3) is 0 Å². The van der Waals surface area contributed by atoms with Crippen molar-refractivity contribution in [3.8, 4) is 5.75 Å². The molecule has 0 spiro atoms. The molecule has 1 aromatic carbocycles. The van der Waals surface area contributed by atoms with Gasteiger partial charge < -0.3 is 15.0 Å². The number of nitrogens with one attached hydrogen (secondary N) is 1. The first-order chi connectivity index (χ1) is 9.24. The number of rotatable bonds is 5. The van der Waals surface area contributed by atoms with Crippen LogP contribution in [0.3, 0.4) is 0 Å². The van der Waals surface area contributed by atoms with Crippen molar-refractivity contribution in [2.24, 2.45) is 0 Å². The predicted octanol–water partition coefficient (Wildman–Crippen LogP) is 2.80. The second-order valence-corrected chi connectivity index (χ2v) is 4.91. The number of ether oxygens (including phenoxy) is 1. The van der Waals surface area contributed by atoms with Gasteiger partial charge in [0.2, 0.25) is 0 Å². The van der Waals surface area contributed by atoms with E-state index >= 15 is 0 Å². The molecule has 0 aromatic heterocycles. The maximum atomic E-state index is 14.2. The molecular weight excluding hydrogens is 243 g/mol. The summed E-state index contributed by atoms with van der Waals surface area (Å²) in [7, 11) is 0. The maximum Gasteiger partial charge on any atom is 0.150 e. The van der Waals surface area contributed by atoms with Crippen LogP contribution in [0.1, 0.15) is 26.7 Å². The van der Waals surface area contributed by atoms with E-state index in [1.54, 1.807) is 0 Å². The van der Waals surface area contributed by atoms with E-state index < -0.39 is 0 Å². The maximum absolute atomic E-state index is 14.2. The lowest BCUT2D eigenvalue weighted by molar-refractivity contribution is 0.192. The number of hydrogen-bond acceptors (Lipinski definition) is 3. The fraction of sp³-hybridized carbons (Fsp3) is 0.600. The molecule has 1 fully saturated rings. The second kappa shape index (κ2) is 6.75. The zero-order valence-corrected chi connectivity index (χ0v) is 11.8. The predicted molar refractivity (Wildman–Crippen MR) is 76.5 cm³/mol.